The highest BCUT2D eigenvalue weighted by molar-refractivity contribution is 6.99. The second-order valence-corrected chi connectivity index (χ2v) is 18.7. The van der Waals surface area contributed by atoms with E-state index in [0.717, 1.165) is 0 Å². The number of benzene rings is 3. The molecule has 0 saturated carbocycles. The quantitative estimate of drug-likeness (QED) is 0.195. The summed E-state index contributed by atoms with van der Waals surface area (Å²) in [5, 5.41) is 4.30. The number of hydrogen-bond donors (Lipinski definition) is 0. The van der Waals surface area contributed by atoms with Crippen LogP contribution in [-0.4, -0.2) is 136 Å². The average Bonchev–Trinajstić information content (AvgIpc) is 2.97. The van der Waals surface area contributed by atoms with E-state index < -0.39 is 8.80 Å². The lowest BCUT2D eigenvalue weighted by Gasteiger charge is -2.41. The molecule has 3 rings (SSSR count). The molecule has 0 N–H and O–H groups in total. The Labute approximate surface area is 320 Å². The Morgan fingerprint density at radius 2 is 0.365 bits per heavy atom. The van der Waals surface area contributed by atoms with Gasteiger partial charge in [-0.05, 0) is 90.5 Å². The molecule has 0 spiro atoms. The summed E-state index contributed by atoms with van der Waals surface area (Å²) in [6.07, 6.45) is 0. The predicted molar refractivity (Wildman–Crippen MR) is 241 cm³/mol. The van der Waals surface area contributed by atoms with E-state index in [-0.39, 0.29) is 0 Å². The number of anilines is 9. The van der Waals surface area contributed by atoms with Crippen molar-refractivity contribution >= 4 is 75.5 Å². The van der Waals surface area contributed by atoms with Crippen molar-refractivity contribution in [2.24, 2.45) is 0 Å². The largest absolute Gasteiger partial charge is 0.377 e. The highest BCUT2D eigenvalue weighted by atomic mass is 28.3. The zero-order valence-corrected chi connectivity index (χ0v) is 38.5. The van der Waals surface area contributed by atoms with Gasteiger partial charge in [-0.2, -0.15) is 0 Å². The first kappa shape index (κ1) is 42.5. The van der Waals surface area contributed by atoms with E-state index >= 15 is 0 Å². The van der Waals surface area contributed by atoms with Crippen LogP contribution in [0, 0.1) is 41.5 Å². The molecule has 9 nitrogen and oxygen atoms in total. The monoisotopic (exact) mass is 731 g/mol. The van der Waals surface area contributed by atoms with Gasteiger partial charge >= 0.3 is 0 Å². The molecule has 0 saturated heterocycles. The Morgan fingerprint density at radius 3 is 0.500 bits per heavy atom. The second kappa shape index (κ2) is 15.6. The topological polar surface area (TPSA) is 29.2 Å². The molecule has 0 aliphatic heterocycles. The number of hydrogen-bond acceptors (Lipinski definition) is 9. The van der Waals surface area contributed by atoms with Crippen LogP contribution < -0.4 is 59.7 Å². The van der Waals surface area contributed by atoms with Crippen molar-refractivity contribution in [3.05, 3.63) is 33.4 Å². The summed E-state index contributed by atoms with van der Waals surface area (Å²) in [6.45, 7) is 14.0. The van der Waals surface area contributed by atoms with E-state index in [0.29, 0.717) is 0 Å². The Morgan fingerprint density at radius 1 is 0.212 bits per heavy atom. The van der Waals surface area contributed by atoms with Gasteiger partial charge in [-0.3, -0.25) is 0 Å². The van der Waals surface area contributed by atoms with Gasteiger partial charge in [-0.1, -0.05) is 0 Å². The fraction of sp³-hybridized carbons (Fsp3) is 0.571. The third-order valence-corrected chi connectivity index (χ3v) is 13.8. The summed E-state index contributed by atoms with van der Waals surface area (Å²) in [5.74, 6) is 0. The molecule has 289 valence electrons. The maximum Gasteiger partial charge on any atom is 0.164 e. The molecule has 0 fully saturated rings. The van der Waals surface area contributed by atoms with E-state index in [9.17, 15) is 0 Å². The molecule has 0 amide bonds. The standard InChI is InChI=1S/C42H72N9Si/c1-25-31(43(7)8)28(4)40(37(49(19)20)34(25)46(13)14)52(41-29(5)32(44(9)10)26(2)35(47(15)16)38(41)50(21)22)42-30(6)33(45(11)12)27(3)36(48(17)18)39(42)51(23)24/h1-24H3. The average molecular weight is 731 g/mol. The van der Waals surface area contributed by atoms with E-state index in [4.69, 9.17) is 0 Å². The van der Waals surface area contributed by atoms with Gasteiger partial charge in [0, 0.05) is 144 Å². The highest BCUT2D eigenvalue weighted by Crippen LogP contribution is 2.44. The molecular weight excluding hydrogens is 659 g/mol. The lowest BCUT2D eigenvalue weighted by atomic mass is 10.0. The third-order valence-electron chi connectivity index (χ3n) is 10.5. The molecule has 0 bridgehead atoms. The third kappa shape index (κ3) is 6.95. The maximum absolute atomic E-state index is 2.38. The zero-order chi connectivity index (χ0) is 40.2. The normalized spacial score (nSPS) is 11.2. The summed E-state index contributed by atoms with van der Waals surface area (Å²) >= 11 is 0. The smallest absolute Gasteiger partial charge is 0.164 e. The van der Waals surface area contributed by atoms with E-state index in [1.54, 1.807) is 0 Å². The fourth-order valence-corrected chi connectivity index (χ4v) is 13.2. The van der Waals surface area contributed by atoms with Crippen molar-refractivity contribution in [2.75, 3.05) is 171 Å². The summed E-state index contributed by atoms with van der Waals surface area (Å²) in [5.41, 5.74) is 19.5. The fourth-order valence-electron chi connectivity index (χ4n) is 9.21. The van der Waals surface area contributed by atoms with Gasteiger partial charge in [0.15, 0.2) is 8.80 Å². The molecule has 3 aromatic rings. The Kier molecular flexibility index (Phi) is 12.7. The maximum atomic E-state index is 2.38. The van der Waals surface area contributed by atoms with Crippen LogP contribution in [0.5, 0.6) is 0 Å². The van der Waals surface area contributed by atoms with E-state index in [1.807, 2.05) is 0 Å². The van der Waals surface area contributed by atoms with Crippen LogP contribution >= 0.6 is 0 Å². The summed E-state index contributed by atoms with van der Waals surface area (Å²) in [7, 11) is 38.0. The molecule has 0 atom stereocenters. The molecule has 0 heterocycles. The minimum absolute atomic E-state index is 1.27. The lowest BCUT2D eigenvalue weighted by molar-refractivity contribution is 1.04. The van der Waals surface area contributed by atoms with Crippen molar-refractivity contribution in [1.29, 1.82) is 0 Å². The predicted octanol–water partition coefficient (Wildman–Crippen LogP) is 4.65. The number of rotatable bonds is 12. The molecule has 10 heteroatoms. The van der Waals surface area contributed by atoms with Crippen LogP contribution in [0.25, 0.3) is 0 Å². The van der Waals surface area contributed by atoms with Crippen molar-refractivity contribution in [3.8, 4) is 0 Å². The minimum Gasteiger partial charge on any atom is -0.377 e. The molecule has 52 heavy (non-hydrogen) atoms. The van der Waals surface area contributed by atoms with Gasteiger partial charge in [0.1, 0.15) is 0 Å². The van der Waals surface area contributed by atoms with Gasteiger partial charge in [-0.15, -0.1) is 0 Å². The molecule has 1 radical (unpaired) electrons. The molecule has 0 unspecified atom stereocenters. The second-order valence-electron chi connectivity index (χ2n) is 16.4. The van der Waals surface area contributed by atoms with Gasteiger partial charge in [-0.25, -0.2) is 0 Å². The van der Waals surface area contributed by atoms with Crippen LogP contribution in [0.1, 0.15) is 33.4 Å². The van der Waals surface area contributed by atoms with Crippen molar-refractivity contribution in [2.45, 2.75) is 41.5 Å². The summed E-state index contributed by atoms with van der Waals surface area (Å²) in [6, 6.07) is 0. The molecule has 0 aliphatic rings. The zero-order valence-electron chi connectivity index (χ0n) is 37.5. The van der Waals surface area contributed by atoms with Crippen LogP contribution in [0.4, 0.5) is 51.2 Å². The van der Waals surface area contributed by atoms with Gasteiger partial charge in [0.05, 0.1) is 34.1 Å². The first-order chi connectivity index (χ1) is 23.9. The van der Waals surface area contributed by atoms with Crippen LogP contribution in [0.2, 0.25) is 0 Å². The SMILES string of the molecule is Cc1c(N(C)C)c(C)c([Si](c2c(C)c(N(C)C)c(C)c(N(C)C)c2N(C)C)c2c(C)c(N(C)C)c(C)c(N(C)C)c2N(C)C)c(N(C)C)c1N(C)C. The van der Waals surface area contributed by atoms with Crippen LogP contribution in [0.15, 0.2) is 0 Å². The van der Waals surface area contributed by atoms with E-state index in [2.05, 4.69) is 212 Å². The van der Waals surface area contributed by atoms with Crippen molar-refractivity contribution < 1.29 is 0 Å². The van der Waals surface area contributed by atoms with Crippen LogP contribution in [-0.2, 0) is 0 Å². The molecular formula is C42H72N9Si. The Bertz CT molecular complexity index is 1590. The first-order valence-electron chi connectivity index (χ1n) is 18.3. The van der Waals surface area contributed by atoms with Gasteiger partial charge < -0.3 is 44.1 Å². The number of nitrogens with zero attached hydrogens (tertiary/aromatic N) is 9. The van der Waals surface area contributed by atoms with E-state index in [1.165, 1.54) is 100 Å². The van der Waals surface area contributed by atoms with Crippen molar-refractivity contribution in [3.63, 3.8) is 0 Å². The van der Waals surface area contributed by atoms with Crippen LogP contribution in [0.3, 0.4) is 0 Å². The molecule has 0 aromatic heterocycles. The molecule has 0 aliphatic carbocycles. The van der Waals surface area contributed by atoms with Crippen molar-refractivity contribution in [1.82, 2.24) is 0 Å². The lowest BCUT2D eigenvalue weighted by Crippen LogP contribution is -2.59. The highest BCUT2D eigenvalue weighted by Gasteiger charge is 2.40. The Balaban J connectivity index is 3.13. The first-order valence-corrected chi connectivity index (χ1v) is 19.8. The summed E-state index contributed by atoms with van der Waals surface area (Å²) in [4.78, 5) is 21.1. The van der Waals surface area contributed by atoms with Gasteiger partial charge in [0.2, 0.25) is 0 Å². The Hall–Kier alpha value is -3.92. The minimum atomic E-state index is -1.86. The molecule has 3 aromatic carbocycles. The summed E-state index contributed by atoms with van der Waals surface area (Å²) < 4.78 is 0. The van der Waals surface area contributed by atoms with Gasteiger partial charge in [0.25, 0.3) is 0 Å².